The fraction of sp³-hybridized carbons (Fsp3) is 0.538. The van der Waals surface area contributed by atoms with Gasteiger partial charge in [-0.15, -0.1) is 0 Å². The Kier molecular flexibility index (Phi) is 4.80. The average Bonchev–Trinajstić information content (AvgIpc) is 3.20. The van der Waals surface area contributed by atoms with Gasteiger partial charge in [-0.25, -0.2) is 0 Å². The predicted molar refractivity (Wildman–Crippen MR) is 72.3 cm³/mol. The number of rotatable bonds is 6. The third-order valence-electron chi connectivity index (χ3n) is 3.42. The Morgan fingerprint density at radius 1 is 1.33 bits per heavy atom. The van der Waals surface area contributed by atoms with Crippen molar-refractivity contribution < 1.29 is 28.0 Å². The molecule has 0 aromatic heterocycles. The van der Waals surface area contributed by atoms with Crippen LogP contribution in [-0.2, 0) is 6.54 Å². The Hall–Kier alpha value is -1.25. The molecule has 0 saturated heterocycles. The van der Waals surface area contributed by atoms with Crippen molar-refractivity contribution in [1.82, 2.24) is 4.90 Å². The monoisotopic (exact) mass is 303 g/mol. The number of benzene rings is 1. The quantitative estimate of drug-likeness (QED) is 0.767. The number of methoxy groups -OCH3 is 1. The molecule has 0 radical (unpaired) electrons. The summed E-state index contributed by atoms with van der Waals surface area (Å²) in [6.45, 7) is -0.916. The van der Waals surface area contributed by atoms with E-state index in [0.29, 0.717) is 11.3 Å². The molecule has 1 saturated carbocycles. The van der Waals surface area contributed by atoms with Gasteiger partial charge in [-0.1, -0.05) is 12.1 Å². The average molecular weight is 303 g/mol. The summed E-state index contributed by atoms with van der Waals surface area (Å²) in [5.41, 5.74) is 0.743. The zero-order chi connectivity index (χ0) is 15.6. The Morgan fingerprint density at radius 3 is 2.48 bits per heavy atom. The first-order chi connectivity index (χ1) is 9.80. The van der Waals surface area contributed by atoms with Gasteiger partial charge in [0, 0.05) is 18.2 Å². The molecule has 1 aromatic carbocycles. The molecule has 21 heavy (non-hydrogen) atoms. The molecule has 1 aliphatic carbocycles. The van der Waals surface area contributed by atoms with Crippen molar-refractivity contribution in [2.45, 2.75) is 31.6 Å². The van der Waals surface area contributed by atoms with Crippen molar-refractivity contribution in [2.24, 2.45) is 0 Å². The zero-order valence-corrected chi connectivity index (χ0v) is 11.6. The van der Waals surface area contributed by atoms with E-state index in [1.54, 1.807) is 0 Å². The normalized spacial score (nSPS) is 15.4. The van der Waals surface area contributed by atoms with Crippen LogP contribution in [-0.4, -0.2) is 47.9 Å². The van der Waals surface area contributed by atoms with Gasteiger partial charge in [0.05, 0.1) is 13.7 Å². The smallest absolute Gasteiger partial charge is 0.488 e. The molecular formula is C13H17BF3NO3. The number of alkyl halides is 3. The van der Waals surface area contributed by atoms with Gasteiger partial charge in [0.2, 0.25) is 0 Å². The second-order valence-electron chi connectivity index (χ2n) is 5.20. The van der Waals surface area contributed by atoms with Crippen molar-refractivity contribution in [2.75, 3.05) is 13.7 Å². The van der Waals surface area contributed by atoms with Crippen molar-refractivity contribution in [1.29, 1.82) is 0 Å². The van der Waals surface area contributed by atoms with Gasteiger partial charge < -0.3 is 14.8 Å². The summed E-state index contributed by atoms with van der Waals surface area (Å²) in [5, 5.41) is 18.3. The molecule has 0 atom stereocenters. The molecule has 0 heterocycles. The van der Waals surface area contributed by atoms with E-state index in [0.717, 1.165) is 12.8 Å². The highest BCUT2D eigenvalue weighted by atomic mass is 19.4. The van der Waals surface area contributed by atoms with Crippen LogP contribution in [0.5, 0.6) is 5.75 Å². The maximum atomic E-state index is 12.6. The molecule has 1 aromatic rings. The Bertz CT molecular complexity index is 492. The summed E-state index contributed by atoms with van der Waals surface area (Å²) in [4.78, 5) is 1.35. The van der Waals surface area contributed by atoms with Gasteiger partial charge in [-0.05, 0) is 24.4 Å². The number of nitrogens with zero attached hydrogens (tertiary/aromatic N) is 1. The number of hydrogen-bond donors (Lipinski definition) is 2. The standard InChI is InChI=1S/C13H17BF3NO3/c1-21-12-5-2-10(14(19)20)6-9(12)7-18(11-3-4-11)8-13(15,16)17/h2,5-6,11,19-20H,3-4,7-8H2,1H3. The van der Waals surface area contributed by atoms with Gasteiger partial charge in [-0.2, -0.15) is 13.2 Å². The Balaban J connectivity index is 2.20. The molecule has 2 rings (SSSR count). The lowest BCUT2D eigenvalue weighted by Crippen LogP contribution is -2.36. The molecule has 8 heteroatoms. The second kappa shape index (κ2) is 6.25. The molecule has 0 unspecified atom stereocenters. The Morgan fingerprint density at radius 2 is 2.00 bits per heavy atom. The summed E-state index contributed by atoms with van der Waals surface area (Å²) in [5.74, 6) is 0.437. The molecule has 0 aliphatic heterocycles. The molecule has 2 N–H and O–H groups in total. The van der Waals surface area contributed by atoms with Crippen LogP contribution >= 0.6 is 0 Å². The van der Waals surface area contributed by atoms with E-state index in [4.69, 9.17) is 4.74 Å². The number of halogens is 3. The summed E-state index contributed by atoms with van der Waals surface area (Å²) in [6, 6.07) is 4.40. The van der Waals surface area contributed by atoms with E-state index in [9.17, 15) is 23.2 Å². The molecule has 0 bridgehead atoms. The largest absolute Gasteiger partial charge is 0.496 e. The second-order valence-corrected chi connectivity index (χ2v) is 5.20. The first-order valence-corrected chi connectivity index (χ1v) is 6.64. The molecule has 4 nitrogen and oxygen atoms in total. The van der Waals surface area contributed by atoms with Gasteiger partial charge in [0.1, 0.15) is 5.75 Å². The van der Waals surface area contributed by atoms with Crippen LogP contribution in [0.1, 0.15) is 18.4 Å². The van der Waals surface area contributed by atoms with Crippen LogP contribution in [0.25, 0.3) is 0 Å². The lowest BCUT2D eigenvalue weighted by atomic mass is 9.79. The highest BCUT2D eigenvalue weighted by Crippen LogP contribution is 2.32. The van der Waals surface area contributed by atoms with Crippen molar-refractivity contribution in [3.05, 3.63) is 23.8 Å². The number of ether oxygens (including phenoxy) is 1. The first-order valence-electron chi connectivity index (χ1n) is 6.64. The highest BCUT2D eigenvalue weighted by Gasteiger charge is 2.38. The van der Waals surface area contributed by atoms with Gasteiger partial charge in [0.25, 0.3) is 0 Å². The van der Waals surface area contributed by atoms with E-state index in [1.165, 1.54) is 30.2 Å². The summed E-state index contributed by atoms with van der Waals surface area (Å²) < 4.78 is 43.0. The third-order valence-corrected chi connectivity index (χ3v) is 3.42. The van der Waals surface area contributed by atoms with E-state index >= 15 is 0 Å². The molecule has 116 valence electrons. The van der Waals surface area contributed by atoms with E-state index in [1.807, 2.05) is 0 Å². The molecular weight excluding hydrogens is 286 g/mol. The maximum Gasteiger partial charge on any atom is 0.488 e. The SMILES string of the molecule is COc1ccc(B(O)O)cc1CN(CC(F)(F)F)C1CC1. The lowest BCUT2D eigenvalue weighted by molar-refractivity contribution is -0.148. The maximum absolute atomic E-state index is 12.6. The minimum Gasteiger partial charge on any atom is -0.496 e. The van der Waals surface area contributed by atoms with Crippen molar-refractivity contribution in [3.8, 4) is 5.75 Å². The van der Waals surface area contributed by atoms with Crippen molar-refractivity contribution >= 4 is 12.6 Å². The Labute approximate surface area is 121 Å². The van der Waals surface area contributed by atoms with E-state index in [-0.39, 0.29) is 18.0 Å². The van der Waals surface area contributed by atoms with Crippen LogP contribution in [0.3, 0.4) is 0 Å². The summed E-state index contributed by atoms with van der Waals surface area (Å²) in [6.07, 6.45) is -2.76. The lowest BCUT2D eigenvalue weighted by Gasteiger charge is -2.24. The predicted octanol–water partition coefficient (Wildman–Crippen LogP) is 0.902. The van der Waals surface area contributed by atoms with Crippen LogP contribution in [0, 0.1) is 0 Å². The topological polar surface area (TPSA) is 52.9 Å². The van der Waals surface area contributed by atoms with Crippen molar-refractivity contribution in [3.63, 3.8) is 0 Å². The van der Waals surface area contributed by atoms with Crippen LogP contribution < -0.4 is 10.2 Å². The van der Waals surface area contributed by atoms with Crippen LogP contribution in [0.2, 0.25) is 0 Å². The van der Waals surface area contributed by atoms with Gasteiger partial charge in [-0.3, -0.25) is 4.90 Å². The minimum absolute atomic E-state index is 0.0634. The fourth-order valence-corrected chi connectivity index (χ4v) is 2.29. The molecule has 1 fully saturated rings. The first kappa shape index (κ1) is 16.1. The minimum atomic E-state index is -4.26. The van der Waals surface area contributed by atoms with Gasteiger partial charge in [0.15, 0.2) is 0 Å². The number of hydrogen-bond acceptors (Lipinski definition) is 4. The van der Waals surface area contributed by atoms with Crippen LogP contribution in [0.4, 0.5) is 13.2 Å². The fourth-order valence-electron chi connectivity index (χ4n) is 2.29. The summed E-state index contributed by atoms with van der Waals surface area (Å²) >= 11 is 0. The molecule has 0 spiro atoms. The third kappa shape index (κ3) is 4.62. The highest BCUT2D eigenvalue weighted by molar-refractivity contribution is 6.58. The zero-order valence-electron chi connectivity index (χ0n) is 11.6. The summed E-state index contributed by atoms with van der Waals surface area (Å²) in [7, 11) is -0.231. The van der Waals surface area contributed by atoms with Crippen LogP contribution in [0.15, 0.2) is 18.2 Å². The van der Waals surface area contributed by atoms with E-state index in [2.05, 4.69) is 0 Å². The molecule has 1 aliphatic rings. The molecule has 0 amide bonds. The van der Waals surface area contributed by atoms with E-state index < -0.39 is 19.8 Å². The van der Waals surface area contributed by atoms with Gasteiger partial charge >= 0.3 is 13.3 Å².